The van der Waals surface area contributed by atoms with Crippen LogP contribution in [-0.2, 0) is 0 Å². The Balaban J connectivity index is 2.42. The predicted octanol–water partition coefficient (Wildman–Crippen LogP) is 4.89. The molecular weight excluding hydrogens is 314 g/mol. The second-order valence-electron chi connectivity index (χ2n) is 4.03. The average Bonchev–Trinajstić information content (AvgIpc) is 2.82. The Hall–Kier alpha value is -0.160. The van der Waals surface area contributed by atoms with Crippen molar-refractivity contribution in [1.29, 1.82) is 0 Å². The van der Waals surface area contributed by atoms with Gasteiger partial charge in [0, 0.05) is 19.1 Å². The first-order valence-electron chi connectivity index (χ1n) is 5.66. The van der Waals surface area contributed by atoms with Crippen LogP contribution in [0, 0.1) is 13.8 Å². The van der Waals surface area contributed by atoms with E-state index < -0.39 is 0 Å². The van der Waals surface area contributed by atoms with Crippen molar-refractivity contribution in [3.05, 3.63) is 42.2 Å². The lowest BCUT2D eigenvalue weighted by Crippen LogP contribution is -2.21. The smallest absolute Gasteiger partial charge is 0.0779 e. The molecule has 0 amide bonds. The molecule has 1 N–H and O–H groups in total. The first kappa shape index (κ1) is 13.3. The standard InChI is InChI=1S/C13H16BrNS2/c1-4-15-11(13-10(14)5-6-16-13)12-8(2)7-9(3)17-12/h5-7,11,15H,4H2,1-3H3. The molecular formula is C13H16BrNS2. The fourth-order valence-corrected chi connectivity index (χ4v) is 4.85. The summed E-state index contributed by atoms with van der Waals surface area (Å²) in [4.78, 5) is 4.19. The molecule has 0 spiro atoms. The number of halogens is 1. The SMILES string of the molecule is CCNC(c1sc(C)cc1C)c1sccc1Br. The molecule has 1 atom stereocenters. The molecule has 0 aliphatic carbocycles. The van der Waals surface area contributed by atoms with Crippen molar-refractivity contribution in [2.24, 2.45) is 0 Å². The summed E-state index contributed by atoms with van der Waals surface area (Å²) in [6, 6.07) is 4.72. The van der Waals surface area contributed by atoms with E-state index in [1.807, 2.05) is 22.7 Å². The number of nitrogens with one attached hydrogen (secondary N) is 1. The second-order valence-corrected chi connectivity index (χ2v) is 7.12. The van der Waals surface area contributed by atoms with Crippen LogP contribution in [0.15, 0.2) is 22.0 Å². The topological polar surface area (TPSA) is 12.0 Å². The van der Waals surface area contributed by atoms with E-state index in [1.54, 1.807) is 0 Å². The predicted molar refractivity (Wildman–Crippen MR) is 81.3 cm³/mol. The Kier molecular flexibility index (Phi) is 4.42. The minimum Gasteiger partial charge on any atom is -0.305 e. The summed E-state index contributed by atoms with van der Waals surface area (Å²) in [5.41, 5.74) is 1.39. The normalized spacial score (nSPS) is 12.9. The van der Waals surface area contributed by atoms with Crippen LogP contribution in [0.4, 0.5) is 0 Å². The lowest BCUT2D eigenvalue weighted by atomic mass is 10.1. The Bertz CT molecular complexity index is 501. The van der Waals surface area contributed by atoms with Crippen LogP contribution in [0.1, 0.15) is 33.2 Å². The highest BCUT2D eigenvalue weighted by Gasteiger charge is 2.20. The third-order valence-corrected chi connectivity index (χ3v) is 5.81. The van der Waals surface area contributed by atoms with E-state index in [0.29, 0.717) is 6.04 Å². The number of rotatable bonds is 4. The maximum Gasteiger partial charge on any atom is 0.0779 e. The first-order chi connectivity index (χ1) is 8.13. The van der Waals surface area contributed by atoms with Gasteiger partial charge in [-0.3, -0.25) is 0 Å². The molecule has 1 nitrogen and oxygen atoms in total. The zero-order chi connectivity index (χ0) is 12.4. The van der Waals surface area contributed by atoms with Crippen LogP contribution < -0.4 is 5.32 Å². The van der Waals surface area contributed by atoms with Gasteiger partial charge < -0.3 is 5.32 Å². The molecule has 0 aromatic carbocycles. The van der Waals surface area contributed by atoms with E-state index in [0.717, 1.165) is 6.54 Å². The summed E-state index contributed by atoms with van der Waals surface area (Å²) in [6.45, 7) is 7.51. The summed E-state index contributed by atoms with van der Waals surface area (Å²) < 4.78 is 1.21. The number of hydrogen-bond donors (Lipinski definition) is 1. The van der Waals surface area contributed by atoms with E-state index in [-0.39, 0.29) is 0 Å². The van der Waals surface area contributed by atoms with Crippen LogP contribution in [0.5, 0.6) is 0 Å². The minimum absolute atomic E-state index is 0.327. The number of hydrogen-bond acceptors (Lipinski definition) is 3. The zero-order valence-corrected chi connectivity index (χ0v) is 13.4. The minimum atomic E-state index is 0.327. The van der Waals surface area contributed by atoms with Gasteiger partial charge in [-0.1, -0.05) is 6.92 Å². The highest BCUT2D eigenvalue weighted by Crippen LogP contribution is 2.37. The van der Waals surface area contributed by atoms with Gasteiger partial charge in [-0.25, -0.2) is 0 Å². The van der Waals surface area contributed by atoms with Gasteiger partial charge in [0.05, 0.1) is 6.04 Å². The molecule has 1 unspecified atom stereocenters. The lowest BCUT2D eigenvalue weighted by molar-refractivity contribution is 0.644. The van der Waals surface area contributed by atoms with Crippen molar-refractivity contribution in [1.82, 2.24) is 5.32 Å². The van der Waals surface area contributed by atoms with Crippen molar-refractivity contribution in [3.8, 4) is 0 Å². The van der Waals surface area contributed by atoms with Crippen LogP contribution in [0.2, 0.25) is 0 Å². The van der Waals surface area contributed by atoms with Crippen LogP contribution >= 0.6 is 38.6 Å². The maximum atomic E-state index is 3.64. The molecule has 0 aliphatic heterocycles. The molecule has 4 heteroatoms. The summed E-state index contributed by atoms with van der Waals surface area (Å²) in [5, 5.41) is 5.73. The highest BCUT2D eigenvalue weighted by molar-refractivity contribution is 9.10. The molecule has 2 aromatic rings. The Labute approximate surface area is 119 Å². The van der Waals surface area contributed by atoms with E-state index in [4.69, 9.17) is 0 Å². The molecule has 0 bridgehead atoms. The van der Waals surface area contributed by atoms with Crippen molar-refractivity contribution in [2.75, 3.05) is 6.54 Å². The zero-order valence-electron chi connectivity index (χ0n) is 10.2. The second kappa shape index (κ2) is 5.65. The van der Waals surface area contributed by atoms with E-state index in [9.17, 15) is 0 Å². The van der Waals surface area contributed by atoms with Gasteiger partial charge in [0.25, 0.3) is 0 Å². The summed E-state index contributed by atoms with van der Waals surface area (Å²) in [7, 11) is 0. The molecule has 2 aromatic heterocycles. The van der Waals surface area contributed by atoms with E-state index in [2.05, 4.69) is 59.5 Å². The van der Waals surface area contributed by atoms with E-state index >= 15 is 0 Å². The van der Waals surface area contributed by atoms with Crippen molar-refractivity contribution in [3.63, 3.8) is 0 Å². The molecule has 0 radical (unpaired) electrons. The van der Waals surface area contributed by atoms with Crippen LogP contribution in [0.25, 0.3) is 0 Å². The van der Waals surface area contributed by atoms with Gasteiger partial charge in [0.15, 0.2) is 0 Å². The largest absolute Gasteiger partial charge is 0.305 e. The Morgan fingerprint density at radius 1 is 1.35 bits per heavy atom. The molecule has 0 aliphatic rings. The lowest BCUT2D eigenvalue weighted by Gasteiger charge is -2.17. The first-order valence-corrected chi connectivity index (χ1v) is 8.15. The van der Waals surface area contributed by atoms with Gasteiger partial charge in [-0.05, 0) is 59.4 Å². The molecule has 92 valence electrons. The van der Waals surface area contributed by atoms with Gasteiger partial charge in [0.2, 0.25) is 0 Å². The van der Waals surface area contributed by atoms with Gasteiger partial charge >= 0.3 is 0 Å². The number of thiophene rings is 2. The van der Waals surface area contributed by atoms with Crippen molar-refractivity contribution < 1.29 is 0 Å². The average molecular weight is 330 g/mol. The monoisotopic (exact) mass is 329 g/mol. The van der Waals surface area contributed by atoms with E-state index in [1.165, 1.54) is 24.7 Å². The molecule has 0 saturated heterocycles. The fourth-order valence-electron chi connectivity index (χ4n) is 1.97. The summed E-state index contributed by atoms with van der Waals surface area (Å²) in [6.07, 6.45) is 0. The molecule has 2 rings (SSSR count). The summed E-state index contributed by atoms with van der Waals surface area (Å²) in [5.74, 6) is 0. The number of aryl methyl sites for hydroxylation is 2. The van der Waals surface area contributed by atoms with Gasteiger partial charge in [-0.15, -0.1) is 22.7 Å². The van der Waals surface area contributed by atoms with Gasteiger partial charge in [-0.2, -0.15) is 0 Å². The molecule has 0 saturated carbocycles. The van der Waals surface area contributed by atoms with Crippen LogP contribution in [-0.4, -0.2) is 6.54 Å². The van der Waals surface area contributed by atoms with Crippen molar-refractivity contribution in [2.45, 2.75) is 26.8 Å². The third-order valence-electron chi connectivity index (χ3n) is 2.66. The molecule has 17 heavy (non-hydrogen) atoms. The fraction of sp³-hybridized carbons (Fsp3) is 0.385. The quantitative estimate of drug-likeness (QED) is 0.842. The molecule has 0 fully saturated rings. The van der Waals surface area contributed by atoms with Gasteiger partial charge in [0.1, 0.15) is 0 Å². The highest BCUT2D eigenvalue weighted by atomic mass is 79.9. The molecule has 2 heterocycles. The Morgan fingerprint density at radius 3 is 2.59 bits per heavy atom. The Morgan fingerprint density at radius 2 is 2.12 bits per heavy atom. The van der Waals surface area contributed by atoms with Crippen LogP contribution in [0.3, 0.4) is 0 Å². The maximum absolute atomic E-state index is 3.64. The third kappa shape index (κ3) is 2.81. The summed E-state index contributed by atoms with van der Waals surface area (Å²) >= 11 is 7.34. The van der Waals surface area contributed by atoms with Crippen molar-refractivity contribution >= 4 is 38.6 Å².